The summed E-state index contributed by atoms with van der Waals surface area (Å²) in [6, 6.07) is 20.1. The number of benzene rings is 2. The number of hydrogen-bond acceptors (Lipinski definition) is 3. The molecule has 1 aromatic heterocycles. The van der Waals surface area contributed by atoms with Crippen LogP contribution in [0.25, 0.3) is 0 Å². The van der Waals surface area contributed by atoms with Gasteiger partial charge >= 0.3 is 0 Å². The second-order valence-corrected chi connectivity index (χ2v) is 6.86. The average Bonchev–Trinajstić information content (AvgIpc) is 2.75. The third kappa shape index (κ3) is 3.39. The minimum Gasteiger partial charge on any atom is -0.336 e. The predicted octanol–water partition coefficient (Wildman–Crippen LogP) is 2.86. The normalized spacial score (nSPS) is 14.2. The first-order valence-electron chi connectivity index (χ1n) is 9.27. The molecule has 28 heavy (non-hydrogen) atoms. The van der Waals surface area contributed by atoms with E-state index in [1.165, 1.54) is 22.4 Å². The molecule has 0 bridgehead atoms. The van der Waals surface area contributed by atoms with Gasteiger partial charge in [-0.3, -0.25) is 19.0 Å². The number of rotatable bonds is 4. The van der Waals surface area contributed by atoms with Crippen molar-refractivity contribution in [3.05, 3.63) is 106 Å². The molecule has 4 rings (SSSR count). The summed E-state index contributed by atoms with van der Waals surface area (Å²) in [5.74, 6) is -0.727. The van der Waals surface area contributed by atoms with Crippen LogP contribution in [-0.2, 0) is 17.8 Å². The standard InChI is InChI=1S/C23H20N2O3/c26-20-12-6-7-14-25(20)21(22(27)18-9-2-1-3-10-18)23(28)24-15-13-17-8-4-5-11-19(17)16-24/h1-12,14,21H,13,15-16H2/t21-/m0/s1. The lowest BCUT2D eigenvalue weighted by molar-refractivity contribution is -0.134. The monoisotopic (exact) mass is 372 g/mol. The molecule has 5 nitrogen and oxygen atoms in total. The van der Waals surface area contributed by atoms with Gasteiger partial charge < -0.3 is 4.90 Å². The molecule has 1 atom stereocenters. The van der Waals surface area contributed by atoms with Crippen molar-refractivity contribution in [1.82, 2.24) is 9.47 Å². The zero-order valence-electron chi connectivity index (χ0n) is 15.3. The highest BCUT2D eigenvalue weighted by Crippen LogP contribution is 2.23. The molecule has 0 aliphatic carbocycles. The van der Waals surface area contributed by atoms with Gasteiger partial charge in [-0.2, -0.15) is 0 Å². The number of Topliss-reactive ketones (excluding diaryl/α,β-unsaturated/α-hetero) is 1. The summed E-state index contributed by atoms with van der Waals surface area (Å²) >= 11 is 0. The molecule has 0 unspecified atom stereocenters. The van der Waals surface area contributed by atoms with Crippen molar-refractivity contribution >= 4 is 11.7 Å². The number of hydrogen-bond donors (Lipinski definition) is 0. The largest absolute Gasteiger partial charge is 0.336 e. The fourth-order valence-corrected chi connectivity index (χ4v) is 3.63. The molecule has 1 aliphatic heterocycles. The van der Waals surface area contributed by atoms with E-state index in [0.717, 1.165) is 12.0 Å². The minimum absolute atomic E-state index is 0.350. The average molecular weight is 372 g/mol. The van der Waals surface area contributed by atoms with Crippen LogP contribution in [0.4, 0.5) is 0 Å². The number of carbonyl (C=O) groups excluding carboxylic acids is 2. The third-order valence-electron chi connectivity index (χ3n) is 5.11. The summed E-state index contributed by atoms with van der Waals surface area (Å²) < 4.78 is 1.23. The Morgan fingerprint density at radius 1 is 0.821 bits per heavy atom. The van der Waals surface area contributed by atoms with Crippen molar-refractivity contribution in [3.63, 3.8) is 0 Å². The van der Waals surface area contributed by atoms with Crippen LogP contribution in [0.2, 0.25) is 0 Å². The first-order valence-corrected chi connectivity index (χ1v) is 9.27. The SMILES string of the molecule is O=C(c1ccccc1)[C@@H](C(=O)N1CCc2ccccc2C1)n1ccccc1=O. The zero-order valence-corrected chi connectivity index (χ0v) is 15.3. The van der Waals surface area contributed by atoms with E-state index < -0.39 is 6.04 Å². The number of ketones is 1. The van der Waals surface area contributed by atoms with E-state index >= 15 is 0 Å². The number of nitrogens with zero attached hydrogens (tertiary/aromatic N) is 2. The van der Waals surface area contributed by atoms with Crippen LogP contribution in [0, 0.1) is 0 Å². The van der Waals surface area contributed by atoms with Crippen molar-refractivity contribution in [3.8, 4) is 0 Å². The molecule has 0 spiro atoms. The maximum atomic E-state index is 13.4. The number of fused-ring (bicyclic) bond motifs is 1. The van der Waals surface area contributed by atoms with Crippen LogP contribution in [0.3, 0.4) is 0 Å². The Balaban J connectivity index is 1.72. The van der Waals surface area contributed by atoms with Gasteiger partial charge in [0.15, 0.2) is 11.8 Å². The van der Waals surface area contributed by atoms with Crippen LogP contribution in [0.1, 0.15) is 27.5 Å². The van der Waals surface area contributed by atoms with E-state index in [1.807, 2.05) is 24.3 Å². The molecule has 0 saturated heterocycles. The van der Waals surface area contributed by atoms with Gasteiger partial charge in [-0.25, -0.2) is 0 Å². The highest BCUT2D eigenvalue weighted by atomic mass is 16.2. The molecule has 140 valence electrons. The molecule has 2 heterocycles. The lowest BCUT2D eigenvalue weighted by Gasteiger charge is -2.32. The van der Waals surface area contributed by atoms with Crippen molar-refractivity contribution in [2.75, 3.05) is 6.54 Å². The topological polar surface area (TPSA) is 59.4 Å². The van der Waals surface area contributed by atoms with Crippen molar-refractivity contribution in [1.29, 1.82) is 0 Å². The van der Waals surface area contributed by atoms with Gasteiger partial charge in [-0.05, 0) is 23.6 Å². The summed E-state index contributed by atoms with van der Waals surface area (Å²) in [5, 5.41) is 0. The van der Waals surface area contributed by atoms with Gasteiger partial charge in [0.1, 0.15) is 0 Å². The molecular weight excluding hydrogens is 352 g/mol. The van der Waals surface area contributed by atoms with Crippen LogP contribution < -0.4 is 5.56 Å². The van der Waals surface area contributed by atoms with Crippen molar-refractivity contribution in [2.24, 2.45) is 0 Å². The molecule has 0 N–H and O–H groups in total. The Kier molecular flexibility index (Phi) is 4.89. The third-order valence-corrected chi connectivity index (χ3v) is 5.11. The summed E-state index contributed by atoms with van der Waals surface area (Å²) in [6.45, 7) is 0.963. The van der Waals surface area contributed by atoms with Gasteiger partial charge in [-0.1, -0.05) is 60.7 Å². The van der Waals surface area contributed by atoms with Crippen LogP contribution >= 0.6 is 0 Å². The van der Waals surface area contributed by atoms with Crippen LogP contribution in [0.5, 0.6) is 0 Å². The van der Waals surface area contributed by atoms with Gasteiger partial charge in [0.05, 0.1) is 0 Å². The summed E-state index contributed by atoms with van der Waals surface area (Å²) in [4.78, 5) is 40.7. The van der Waals surface area contributed by atoms with Crippen LogP contribution in [-0.4, -0.2) is 27.7 Å². The Morgan fingerprint density at radius 2 is 1.50 bits per heavy atom. The highest BCUT2D eigenvalue weighted by molar-refractivity contribution is 6.11. The van der Waals surface area contributed by atoms with Gasteiger partial charge in [0, 0.05) is 30.9 Å². The maximum Gasteiger partial charge on any atom is 0.254 e. The molecule has 1 amide bonds. The Labute approximate surface area is 162 Å². The van der Waals surface area contributed by atoms with Crippen LogP contribution in [0.15, 0.2) is 83.8 Å². The van der Waals surface area contributed by atoms with Gasteiger partial charge in [0.2, 0.25) is 0 Å². The minimum atomic E-state index is -1.21. The second kappa shape index (κ2) is 7.64. The Morgan fingerprint density at radius 3 is 2.25 bits per heavy atom. The number of carbonyl (C=O) groups is 2. The number of aromatic nitrogens is 1. The lowest BCUT2D eigenvalue weighted by Crippen LogP contribution is -2.45. The van der Waals surface area contributed by atoms with Crippen molar-refractivity contribution in [2.45, 2.75) is 19.0 Å². The first-order chi connectivity index (χ1) is 13.6. The zero-order chi connectivity index (χ0) is 19.5. The summed E-state index contributed by atoms with van der Waals surface area (Å²) in [7, 11) is 0. The van der Waals surface area contributed by atoms with E-state index in [-0.39, 0.29) is 17.2 Å². The second-order valence-electron chi connectivity index (χ2n) is 6.86. The molecular formula is C23H20N2O3. The summed E-state index contributed by atoms with van der Waals surface area (Å²) in [6.07, 6.45) is 2.24. The fourth-order valence-electron chi connectivity index (χ4n) is 3.63. The maximum absolute atomic E-state index is 13.4. The van der Waals surface area contributed by atoms with E-state index in [2.05, 4.69) is 6.07 Å². The highest BCUT2D eigenvalue weighted by Gasteiger charge is 2.34. The number of amides is 1. The lowest BCUT2D eigenvalue weighted by atomic mass is 9.97. The fraction of sp³-hybridized carbons (Fsp3) is 0.174. The molecule has 2 aromatic carbocycles. The van der Waals surface area contributed by atoms with Gasteiger partial charge in [-0.15, -0.1) is 0 Å². The Bertz CT molecular complexity index is 1070. The quantitative estimate of drug-likeness (QED) is 0.523. The smallest absolute Gasteiger partial charge is 0.254 e. The molecule has 1 aliphatic rings. The molecule has 0 saturated carbocycles. The van der Waals surface area contributed by atoms with E-state index in [4.69, 9.17) is 0 Å². The van der Waals surface area contributed by atoms with Crippen molar-refractivity contribution < 1.29 is 9.59 Å². The molecule has 5 heteroatoms. The van der Waals surface area contributed by atoms with E-state index in [9.17, 15) is 14.4 Å². The summed E-state index contributed by atoms with van der Waals surface area (Å²) in [5.41, 5.74) is 2.33. The number of pyridine rings is 1. The molecule has 0 radical (unpaired) electrons. The predicted molar refractivity (Wildman–Crippen MR) is 106 cm³/mol. The Hall–Kier alpha value is -3.47. The molecule has 3 aromatic rings. The van der Waals surface area contributed by atoms with E-state index in [0.29, 0.717) is 18.7 Å². The first kappa shape index (κ1) is 17.9. The van der Waals surface area contributed by atoms with Gasteiger partial charge in [0.25, 0.3) is 11.5 Å². The van der Waals surface area contributed by atoms with E-state index in [1.54, 1.807) is 41.3 Å². The molecule has 0 fully saturated rings.